The highest BCUT2D eigenvalue weighted by Crippen LogP contribution is 2.18. The number of carbonyl (C=O) groups is 1. The minimum absolute atomic E-state index is 0.0478. The summed E-state index contributed by atoms with van der Waals surface area (Å²) in [5, 5.41) is 0. The lowest BCUT2D eigenvalue weighted by atomic mass is 10.1. The molecule has 0 N–H and O–H groups in total. The number of hydrogen-bond donors (Lipinski definition) is 0. The van der Waals surface area contributed by atoms with Crippen molar-refractivity contribution < 1.29 is 13.2 Å². The molecule has 0 saturated carbocycles. The molecule has 1 saturated heterocycles. The van der Waals surface area contributed by atoms with Crippen LogP contribution in [0.25, 0.3) is 0 Å². The van der Waals surface area contributed by atoms with Crippen LogP contribution in [0.3, 0.4) is 0 Å². The number of rotatable bonds is 5. The number of amides is 1. The van der Waals surface area contributed by atoms with Crippen molar-refractivity contribution in [1.29, 1.82) is 0 Å². The van der Waals surface area contributed by atoms with Gasteiger partial charge in [0, 0.05) is 26.2 Å². The molecule has 5 nitrogen and oxygen atoms in total. The molecule has 0 atom stereocenters. The van der Waals surface area contributed by atoms with E-state index in [-0.39, 0.29) is 5.91 Å². The molecule has 1 amide bonds. The van der Waals surface area contributed by atoms with Gasteiger partial charge in [0.2, 0.25) is 15.9 Å². The van der Waals surface area contributed by atoms with Crippen molar-refractivity contribution in [2.24, 2.45) is 0 Å². The maximum absolute atomic E-state index is 12.7. The van der Waals surface area contributed by atoms with E-state index in [1.54, 1.807) is 29.2 Å². The van der Waals surface area contributed by atoms with E-state index >= 15 is 0 Å². The highest BCUT2D eigenvalue weighted by molar-refractivity contribution is 7.89. The summed E-state index contributed by atoms with van der Waals surface area (Å²) in [5.41, 5.74) is 3.27. The Morgan fingerprint density at radius 1 is 0.889 bits per heavy atom. The summed E-state index contributed by atoms with van der Waals surface area (Å²) < 4.78 is 27.0. The van der Waals surface area contributed by atoms with Crippen molar-refractivity contribution >= 4 is 15.9 Å². The lowest BCUT2D eigenvalue weighted by Crippen LogP contribution is -2.50. The number of sulfonamides is 1. The van der Waals surface area contributed by atoms with E-state index in [2.05, 4.69) is 19.1 Å². The first-order valence-corrected chi connectivity index (χ1v) is 10.8. The Balaban J connectivity index is 1.59. The molecule has 6 heteroatoms. The highest BCUT2D eigenvalue weighted by atomic mass is 32.2. The second-order valence-electron chi connectivity index (χ2n) is 6.94. The minimum atomic E-state index is -3.50. The summed E-state index contributed by atoms with van der Waals surface area (Å²) in [6.07, 6.45) is 1.33. The third-order valence-electron chi connectivity index (χ3n) is 5.04. The minimum Gasteiger partial charge on any atom is -0.340 e. The largest absolute Gasteiger partial charge is 0.340 e. The molecule has 27 heavy (non-hydrogen) atoms. The van der Waals surface area contributed by atoms with Gasteiger partial charge in [-0.3, -0.25) is 4.79 Å². The van der Waals surface area contributed by atoms with Gasteiger partial charge < -0.3 is 4.90 Å². The summed E-state index contributed by atoms with van der Waals surface area (Å²) in [5.74, 6) is 0.0478. The van der Waals surface area contributed by atoms with Crippen molar-refractivity contribution in [1.82, 2.24) is 9.21 Å². The summed E-state index contributed by atoms with van der Waals surface area (Å²) in [6.45, 7) is 5.54. The van der Waals surface area contributed by atoms with E-state index in [1.807, 2.05) is 19.1 Å². The van der Waals surface area contributed by atoms with Gasteiger partial charge >= 0.3 is 0 Å². The van der Waals surface area contributed by atoms with Crippen molar-refractivity contribution in [2.75, 3.05) is 26.2 Å². The maximum Gasteiger partial charge on any atom is 0.243 e. The monoisotopic (exact) mass is 386 g/mol. The Morgan fingerprint density at radius 2 is 1.44 bits per heavy atom. The molecule has 1 heterocycles. The zero-order valence-corrected chi connectivity index (χ0v) is 16.7. The van der Waals surface area contributed by atoms with E-state index in [4.69, 9.17) is 0 Å². The molecule has 144 valence electrons. The van der Waals surface area contributed by atoms with Crippen LogP contribution in [0.15, 0.2) is 53.4 Å². The second-order valence-corrected chi connectivity index (χ2v) is 8.88. The van der Waals surface area contributed by atoms with Crippen LogP contribution in [0.2, 0.25) is 0 Å². The smallest absolute Gasteiger partial charge is 0.243 e. The summed E-state index contributed by atoms with van der Waals surface area (Å²) in [7, 11) is -3.50. The van der Waals surface area contributed by atoms with Gasteiger partial charge in [-0.2, -0.15) is 4.31 Å². The Bertz CT molecular complexity index is 882. The Morgan fingerprint density at radius 3 is 2.00 bits per heavy atom. The molecular weight excluding hydrogens is 360 g/mol. The van der Waals surface area contributed by atoms with E-state index < -0.39 is 10.0 Å². The van der Waals surface area contributed by atoms with Gasteiger partial charge in [0.15, 0.2) is 0 Å². The van der Waals surface area contributed by atoms with E-state index in [0.29, 0.717) is 37.5 Å². The van der Waals surface area contributed by atoms with E-state index in [0.717, 1.165) is 17.5 Å². The fourth-order valence-electron chi connectivity index (χ4n) is 3.22. The van der Waals surface area contributed by atoms with Crippen LogP contribution in [-0.2, 0) is 27.7 Å². The fraction of sp³-hybridized carbons (Fsp3) is 0.381. The first-order valence-electron chi connectivity index (χ1n) is 9.32. The van der Waals surface area contributed by atoms with E-state index in [9.17, 15) is 13.2 Å². The van der Waals surface area contributed by atoms with Crippen LogP contribution < -0.4 is 0 Å². The van der Waals surface area contributed by atoms with Crippen LogP contribution in [-0.4, -0.2) is 49.7 Å². The summed E-state index contributed by atoms with van der Waals surface area (Å²) in [6, 6.07) is 15.0. The number of nitrogens with zero attached hydrogens (tertiary/aromatic N) is 2. The van der Waals surface area contributed by atoms with Crippen LogP contribution in [0.5, 0.6) is 0 Å². The van der Waals surface area contributed by atoms with Gasteiger partial charge in [0.1, 0.15) is 0 Å². The normalized spacial score (nSPS) is 15.7. The standard InChI is InChI=1S/C21H26N2O3S/c1-3-18-6-8-19(9-7-18)16-21(24)22-12-14-23(15-13-22)27(25,26)20-10-4-17(2)5-11-20/h4-11H,3,12-16H2,1-2H3. The molecule has 0 spiro atoms. The quantitative estimate of drug-likeness (QED) is 0.794. The highest BCUT2D eigenvalue weighted by Gasteiger charge is 2.29. The van der Waals surface area contributed by atoms with Crippen molar-refractivity contribution in [2.45, 2.75) is 31.6 Å². The predicted molar refractivity (Wildman–Crippen MR) is 106 cm³/mol. The van der Waals surface area contributed by atoms with Crippen molar-refractivity contribution in [3.05, 3.63) is 65.2 Å². The Labute approximate surface area is 161 Å². The van der Waals surface area contributed by atoms with E-state index in [1.165, 1.54) is 9.87 Å². The van der Waals surface area contributed by atoms with Gasteiger partial charge in [-0.15, -0.1) is 0 Å². The SMILES string of the molecule is CCc1ccc(CC(=O)N2CCN(S(=O)(=O)c3ccc(C)cc3)CC2)cc1. The average molecular weight is 387 g/mol. The number of aryl methyl sites for hydroxylation is 2. The number of hydrogen-bond acceptors (Lipinski definition) is 3. The van der Waals surface area contributed by atoms with Gasteiger partial charge in [0.25, 0.3) is 0 Å². The van der Waals surface area contributed by atoms with Gasteiger partial charge in [-0.1, -0.05) is 48.9 Å². The molecule has 0 unspecified atom stereocenters. The predicted octanol–water partition coefficient (Wildman–Crippen LogP) is 2.63. The first-order chi connectivity index (χ1) is 12.9. The molecule has 1 aliphatic rings. The lowest BCUT2D eigenvalue weighted by Gasteiger charge is -2.34. The molecule has 1 aliphatic heterocycles. The van der Waals surface area contributed by atoms with Crippen LogP contribution >= 0.6 is 0 Å². The third-order valence-corrected chi connectivity index (χ3v) is 6.95. The Hall–Kier alpha value is -2.18. The van der Waals surface area contributed by atoms with Gasteiger partial charge in [0.05, 0.1) is 11.3 Å². The van der Waals surface area contributed by atoms with Crippen LogP contribution in [0.1, 0.15) is 23.6 Å². The van der Waals surface area contributed by atoms with Crippen LogP contribution in [0, 0.1) is 6.92 Å². The third kappa shape index (κ3) is 4.57. The van der Waals surface area contributed by atoms with Gasteiger partial charge in [-0.05, 0) is 36.6 Å². The van der Waals surface area contributed by atoms with Gasteiger partial charge in [-0.25, -0.2) is 8.42 Å². The topological polar surface area (TPSA) is 57.7 Å². The Kier molecular flexibility index (Phi) is 5.97. The molecule has 2 aromatic carbocycles. The molecule has 0 bridgehead atoms. The molecule has 1 fully saturated rings. The lowest BCUT2D eigenvalue weighted by molar-refractivity contribution is -0.131. The molecule has 0 aliphatic carbocycles. The zero-order valence-electron chi connectivity index (χ0n) is 15.9. The van der Waals surface area contributed by atoms with Crippen LogP contribution in [0.4, 0.5) is 0 Å². The number of carbonyl (C=O) groups excluding carboxylic acids is 1. The maximum atomic E-state index is 12.7. The molecule has 0 radical (unpaired) electrons. The first kappa shape index (κ1) is 19.6. The molecule has 3 rings (SSSR count). The molecular formula is C21H26N2O3S. The fourth-order valence-corrected chi connectivity index (χ4v) is 4.64. The van der Waals surface area contributed by atoms with Crippen molar-refractivity contribution in [3.63, 3.8) is 0 Å². The number of benzene rings is 2. The second kappa shape index (κ2) is 8.23. The summed E-state index contributed by atoms with van der Waals surface area (Å²) >= 11 is 0. The summed E-state index contributed by atoms with van der Waals surface area (Å²) in [4.78, 5) is 14.6. The zero-order chi connectivity index (χ0) is 19.4. The molecule has 2 aromatic rings. The molecule has 0 aromatic heterocycles. The average Bonchev–Trinajstić information content (AvgIpc) is 2.69. The number of piperazine rings is 1. The van der Waals surface area contributed by atoms with Crippen molar-refractivity contribution in [3.8, 4) is 0 Å².